The van der Waals surface area contributed by atoms with E-state index < -0.39 is 5.54 Å². The van der Waals surface area contributed by atoms with E-state index in [0.717, 1.165) is 33.5 Å². The van der Waals surface area contributed by atoms with Crippen LogP contribution in [0.2, 0.25) is 0 Å². The van der Waals surface area contributed by atoms with Gasteiger partial charge < -0.3 is 5.32 Å². The van der Waals surface area contributed by atoms with E-state index in [9.17, 15) is 4.79 Å². The maximum atomic E-state index is 11.3. The van der Waals surface area contributed by atoms with Crippen molar-refractivity contribution in [2.24, 2.45) is 10.2 Å². The van der Waals surface area contributed by atoms with E-state index in [1.807, 2.05) is 42.5 Å². The summed E-state index contributed by atoms with van der Waals surface area (Å²) in [6, 6.07) is 41.6. The van der Waals surface area contributed by atoms with Gasteiger partial charge >= 0.3 is 0 Å². The van der Waals surface area contributed by atoms with Crippen LogP contribution in [-0.2, 0) is 10.3 Å². The summed E-state index contributed by atoms with van der Waals surface area (Å²) in [5.74, 6) is 0.337. The van der Waals surface area contributed by atoms with Crippen LogP contribution in [0, 0.1) is 0 Å². The van der Waals surface area contributed by atoms with Crippen LogP contribution in [0.1, 0.15) is 22.3 Å². The molecule has 4 aromatic carbocycles. The number of aromatic nitrogens is 2. The highest BCUT2D eigenvalue weighted by atomic mass is 32.2. The highest BCUT2D eigenvalue weighted by molar-refractivity contribution is 8.15. The van der Waals surface area contributed by atoms with E-state index in [2.05, 4.69) is 105 Å². The lowest BCUT2D eigenvalue weighted by Gasteiger charge is -2.36. The minimum atomic E-state index is -0.651. The lowest BCUT2D eigenvalue weighted by Crippen LogP contribution is -2.38. The monoisotopic (exact) mass is 527 g/mol. The summed E-state index contributed by atoms with van der Waals surface area (Å²) in [6.45, 7) is 0. The Morgan fingerprint density at radius 2 is 1.33 bits per heavy atom. The van der Waals surface area contributed by atoms with Crippen molar-refractivity contribution in [2.75, 3.05) is 5.75 Å². The van der Waals surface area contributed by atoms with Crippen LogP contribution in [-0.4, -0.2) is 32.8 Å². The number of amidine groups is 1. The van der Waals surface area contributed by atoms with Gasteiger partial charge in [0.15, 0.2) is 5.17 Å². The van der Waals surface area contributed by atoms with E-state index in [1.54, 1.807) is 6.21 Å². The van der Waals surface area contributed by atoms with Gasteiger partial charge in [-0.1, -0.05) is 127 Å². The third-order valence-corrected chi connectivity index (χ3v) is 7.52. The third-order valence-electron chi connectivity index (χ3n) is 6.66. The molecule has 39 heavy (non-hydrogen) atoms. The second kappa shape index (κ2) is 10.9. The molecule has 0 radical (unpaired) electrons. The van der Waals surface area contributed by atoms with Crippen molar-refractivity contribution in [3.63, 3.8) is 0 Å². The van der Waals surface area contributed by atoms with Gasteiger partial charge in [0.25, 0.3) is 0 Å². The molecule has 0 atom stereocenters. The largest absolute Gasteiger partial charge is 0.303 e. The molecule has 1 aliphatic rings. The molecule has 1 fully saturated rings. The van der Waals surface area contributed by atoms with E-state index >= 15 is 0 Å². The van der Waals surface area contributed by atoms with Crippen LogP contribution in [0.4, 0.5) is 0 Å². The lowest BCUT2D eigenvalue weighted by atomic mass is 9.77. The number of amides is 1. The molecule has 1 aromatic heterocycles. The average Bonchev–Trinajstić information content (AvgIpc) is 3.65. The minimum absolute atomic E-state index is 0.0476. The molecule has 0 bridgehead atoms. The van der Waals surface area contributed by atoms with Crippen molar-refractivity contribution >= 4 is 29.1 Å². The van der Waals surface area contributed by atoms with Gasteiger partial charge in [-0.15, -0.1) is 5.10 Å². The zero-order valence-corrected chi connectivity index (χ0v) is 21.8. The lowest BCUT2D eigenvalue weighted by molar-refractivity contribution is -0.116. The SMILES string of the molecule is O=C1CSC(=NN=Cc2ccc(-c3ccn(C(c4ccccc4)(c4ccccc4)c4ccccc4)n3)cc2)N1. The van der Waals surface area contributed by atoms with Crippen LogP contribution in [0.15, 0.2) is 138 Å². The number of rotatable bonds is 7. The third kappa shape index (κ3) is 4.92. The van der Waals surface area contributed by atoms with Gasteiger partial charge in [0.2, 0.25) is 5.91 Å². The minimum Gasteiger partial charge on any atom is -0.303 e. The van der Waals surface area contributed by atoms with Gasteiger partial charge in [0, 0.05) is 11.8 Å². The van der Waals surface area contributed by atoms with E-state index in [1.165, 1.54) is 11.8 Å². The molecule has 2 heterocycles. The highest BCUT2D eigenvalue weighted by Gasteiger charge is 2.39. The summed E-state index contributed by atoms with van der Waals surface area (Å²) >= 11 is 1.35. The molecule has 0 saturated carbocycles. The van der Waals surface area contributed by atoms with Crippen LogP contribution >= 0.6 is 11.8 Å². The topological polar surface area (TPSA) is 71.6 Å². The van der Waals surface area contributed by atoms with Crippen LogP contribution < -0.4 is 5.32 Å². The first-order chi connectivity index (χ1) is 19.2. The molecular formula is C32H25N5OS. The molecule has 5 aromatic rings. The highest BCUT2D eigenvalue weighted by Crippen LogP contribution is 2.40. The first kappa shape index (κ1) is 24.6. The normalized spacial score (nSPS) is 14.7. The van der Waals surface area contributed by atoms with E-state index in [4.69, 9.17) is 5.10 Å². The number of hydrogen-bond donors (Lipinski definition) is 1. The van der Waals surface area contributed by atoms with Gasteiger partial charge in [-0.25, -0.2) is 0 Å². The van der Waals surface area contributed by atoms with Crippen LogP contribution in [0.5, 0.6) is 0 Å². The van der Waals surface area contributed by atoms with Crippen molar-refractivity contribution in [1.82, 2.24) is 15.1 Å². The van der Waals surface area contributed by atoms with Gasteiger partial charge in [-0.3, -0.25) is 9.48 Å². The molecule has 1 amide bonds. The Morgan fingerprint density at radius 3 is 1.85 bits per heavy atom. The Morgan fingerprint density at radius 1 is 0.769 bits per heavy atom. The number of carbonyl (C=O) groups excluding carboxylic acids is 1. The second-order valence-corrected chi connectivity index (χ2v) is 10.0. The molecule has 0 unspecified atom stereocenters. The molecule has 0 spiro atoms. The summed E-state index contributed by atoms with van der Waals surface area (Å²) in [6.07, 6.45) is 3.73. The quantitative estimate of drug-likeness (QED) is 0.162. The summed E-state index contributed by atoms with van der Waals surface area (Å²) < 4.78 is 2.07. The molecule has 1 aliphatic heterocycles. The standard InChI is InChI=1S/C32H25N5OS/c38-30-23-39-31(34-30)35-33-22-24-16-18-25(19-17-24)29-20-21-37(36-29)32(26-10-4-1-5-11-26,27-12-6-2-7-13-27)28-14-8-3-9-15-28/h1-22H,23H2,(H,34,35,38). The van der Waals surface area contributed by atoms with E-state index in [0.29, 0.717) is 10.9 Å². The van der Waals surface area contributed by atoms with Gasteiger partial charge in [-0.2, -0.15) is 10.2 Å². The molecule has 1 saturated heterocycles. The number of carbonyl (C=O) groups is 1. The number of nitrogens with one attached hydrogen (secondary N) is 1. The van der Waals surface area contributed by atoms with Crippen molar-refractivity contribution < 1.29 is 4.79 Å². The summed E-state index contributed by atoms with van der Waals surface area (Å²) in [4.78, 5) is 11.3. The zero-order chi connectivity index (χ0) is 26.5. The van der Waals surface area contributed by atoms with Gasteiger partial charge in [-0.05, 0) is 28.3 Å². The predicted molar refractivity (Wildman–Crippen MR) is 158 cm³/mol. The van der Waals surface area contributed by atoms with Crippen LogP contribution in [0.3, 0.4) is 0 Å². The van der Waals surface area contributed by atoms with Crippen molar-refractivity contribution in [3.05, 3.63) is 150 Å². The number of thioether (sulfide) groups is 1. The number of nitrogens with zero attached hydrogens (tertiary/aromatic N) is 4. The molecule has 1 N–H and O–H groups in total. The first-order valence-corrected chi connectivity index (χ1v) is 13.6. The number of benzene rings is 4. The summed E-state index contributed by atoms with van der Waals surface area (Å²) in [7, 11) is 0. The molecule has 0 aliphatic carbocycles. The summed E-state index contributed by atoms with van der Waals surface area (Å²) in [5, 5.41) is 16.5. The predicted octanol–water partition coefficient (Wildman–Crippen LogP) is 5.94. The molecule has 6 rings (SSSR count). The molecule has 7 heteroatoms. The maximum Gasteiger partial charge on any atom is 0.236 e. The van der Waals surface area contributed by atoms with E-state index in [-0.39, 0.29) is 5.91 Å². The second-order valence-electron chi connectivity index (χ2n) is 9.06. The summed E-state index contributed by atoms with van der Waals surface area (Å²) in [5.41, 5.74) is 5.51. The van der Waals surface area contributed by atoms with Gasteiger partial charge in [0.05, 0.1) is 17.7 Å². The van der Waals surface area contributed by atoms with Gasteiger partial charge in [0.1, 0.15) is 5.54 Å². The fraction of sp³-hybridized carbons (Fsp3) is 0.0625. The Labute approximate surface area is 231 Å². The van der Waals surface area contributed by atoms with Crippen molar-refractivity contribution in [1.29, 1.82) is 0 Å². The smallest absolute Gasteiger partial charge is 0.236 e. The van der Waals surface area contributed by atoms with Crippen molar-refractivity contribution in [2.45, 2.75) is 5.54 Å². The Bertz CT molecular complexity index is 1530. The maximum absolute atomic E-state index is 11.3. The fourth-order valence-electron chi connectivity index (χ4n) is 4.87. The number of hydrogen-bond acceptors (Lipinski definition) is 5. The Balaban J connectivity index is 1.38. The zero-order valence-electron chi connectivity index (χ0n) is 21.0. The van der Waals surface area contributed by atoms with Crippen LogP contribution in [0.25, 0.3) is 11.3 Å². The molecule has 190 valence electrons. The molecule has 6 nitrogen and oxygen atoms in total. The Hall–Kier alpha value is -4.75. The fourth-order valence-corrected chi connectivity index (χ4v) is 5.50. The molecular weight excluding hydrogens is 502 g/mol. The average molecular weight is 528 g/mol. The Kier molecular flexibility index (Phi) is 6.89. The van der Waals surface area contributed by atoms with Crippen molar-refractivity contribution in [3.8, 4) is 11.3 Å². The first-order valence-electron chi connectivity index (χ1n) is 12.6.